The van der Waals surface area contributed by atoms with Gasteiger partial charge < -0.3 is 0 Å². The van der Waals surface area contributed by atoms with Crippen LogP contribution in [0.25, 0.3) is 0 Å². The van der Waals surface area contributed by atoms with Crippen molar-refractivity contribution < 1.29 is 4.39 Å². The predicted molar refractivity (Wildman–Crippen MR) is 32.6 cm³/mol. The van der Waals surface area contributed by atoms with Gasteiger partial charge in [0.05, 0.1) is 5.69 Å². The second-order valence-electron chi connectivity index (χ2n) is 2.30. The van der Waals surface area contributed by atoms with E-state index in [0.29, 0.717) is 5.92 Å². The summed E-state index contributed by atoms with van der Waals surface area (Å²) in [5, 5.41) is 5.95. The Morgan fingerprint density at radius 1 is 1.67 bits per heavy atom. The van der Waals surface area contributed by atoms with E-state index in [0.717, 1.165) is 5.69 Å². The summed E-state index contributed by atoms with van der Waals surface area (Å²) < 4.78 is 12.2. The third-order valence-corrected chi connectivity index (χ3v) is 1.16. The Kier molecular flexibility index (Phi) is 1.51. The van der Waals surface area contributed by atoms with E-state index >= 15 is 0 Å². The molecule has 0 aliphatic rings. The van der Waals surface area contributed by atoms with Crippen LogP contribution in [0.2, 0.25) is 0 Å². The molecule has 1 rings (SSSR count). The van der Waals surface area contributed by atoms with Gasteiger partial charge in [0.2, 0.25) is 5.95 Å². The summed E-state index contributed by atoms with van der Waals surface area (Å²) in [4.78, 5) is 0. The van der Waals surface area contributed by atoms with Gasteiger partial charge >= 0.3 is 0 Å². The summed E-state index contributed by atoms with van der Waals surface area (Å²) in [5.41, 5.74) is 0.771. The molecule has 0 unspecified atom stereocenters. The van der Waals surface area contributed by atoms with Crippen LogP contribution in [0, 0.1) is 5.95 Å². The Balaban J connectivity index is 2.85. The fourth-order valence-electron chi connectivity index (χ4n) is 0.608. The van der Waals surface area contributed by atoms with Crippen molar-refractivity contribution in [3.05, 3.63) is 17.7 Å². The number of nitrogens with zero attached hydrogens (tertiary/aromatic N) is 1. The summed E-state index contributed by atoms with van der Waals surface area (Å²) >= 11 is 0. The number of rotatable bonds is 1. The lowest BCUT2D eigenvalue weighted by atomic mass is 10.1. The highest BCUT2D eigenvalue weighted by Gasteiger charge is 2.02. The molecule has 0 fully saturated rings. The van der Waals surface area contributed by atoms with Gasteiger partial charge in [-0.15, -0.1) is 0 Å². The second kappa shape index (κ2) is 2.17. The lowest BCUT2D eigenvalue weighted by Gasteiger charge is -1.93. The zero-order valence-corrected chi connectivity index (χ0v) is 5.48. The third kappa shape index (κ3) is 1.28. The molecular formula is C6H9FN2. The van der Waals surface area contributed by atoms with E-state index in [4.69, 9.17) is 0 Å². The van der Waals surface area contributed by atoms with E-state index in [1.54, 1.807) is 0 Å². The molecule has 0 radical (unpaired) electrons. The van der Waals surface area contributed by atoms with Gasteiger partial charge in [-0.25, -0.2) is 0 Å². The molecule has 1 aromatic rings. The zero-order valence-electron chi connectivity index (χ0n) is 5.48. The molecule has 0 bridgehead atoms. The third-order valence-electron chi connectivity index (χ3n) is 1.16. The molecule has 50 valence electrons. The van der Waals surface area contributed by atoms with Crippen LogP contribution in [0.5, 0.6) is 0 Å². The summed E-state index contributed by atoms with van der Waals surface area (Å²) in [7, 11) is 0. The predicted octanol–water partition coefficient (Wildman–Crippen LogP) is 1.67. The normalized spacial score (nSPS) is 10.7. The van der Waals surface area contributed by atoms with Crippen molar-refractivity contribution in [3.8, 4) is 0 Å². The van der Waals surface area contributed by atoms with Crippen LogP contribution < -0.4 is 0 Å². The summed E-state index contributed by atoms with van der Waals surface area (Å²) in [6, 6.07) is 1.41. The van der Waals surface area contributed by atoms with E-state index in [-0.39, 0.29) is 5.95 Å². The number of H-pyrrole nitrogens is 1. The Labute approximate surface area is 53.1 Å². The number of hydrogen-bond acceptors (Lipinski definition) is 1. The van der Waals surface area contributed by atoms with Crippen LogP contribution in [-0.2, 0) is 0 Å². The van der Waals surface area contributed by atoms with Gasteiger partial charge in [-0.1, -0.05) is 13.8 Å². The molecule has 0 spiro atoms. The van der Waals surface area contributed by atoms with Crippen molar-refractivity contribution in [1.29, 1.82) is 0 Å². The van der Waals surface area contributed by atoms with Gasteiger partial charge in [-0.2, -0.15) is 9.49 Å². The van der Waals surface area contributed by atoms with Crippen molar-refractivity contribution in [1.82, 2.24) is 10.2 Å². The van der Waals surface area contributed by atoms with Gasteiger partial charge in [-0.3, -0.25) is 5.10 Å². The highest BCUT2D eigenvalue weighted by Crippen LogP contribution is 2.10. The molecule has 0 atom stereocenters. The first-order chi connectivity index (χ1) is 4.20. The summed E-state index contributed by atoms with van der Waals surface area (Å²) in [6.45, 7) is 3.94. The van der Waals surface area contributed by atoms with Crippen LogP contribution >= 0.6 is 0 Å². The Bertz CT molecular complexity index is 193. The first kappa shape index (κ1) is 6.26. The lowest BCUT2D eigenvalue weighted by Crippen LogP contribution is -1.85. The highest BCUT2D eigenvalue weighted by atomic mass is 19.1. The molecule has 1 heterocycles. The number of halogens is 1. The van der Waals surface area contributed by atoms with Gasteiger partial charge in [0.25, 0.3) is 0 Å². The van der Waals surface area contributed by atoms with E-state index in [1.165, 1.54) is 6.07 Å². The second-order valence-corrected chi connectivity index (χ2v) is 2.30. The van der Waals surface area contributed by atoms with Crippen LogP contribution in [0.15, 0.2) is 6.07 Å². The molecule has 9 heavy (non-hydrogen) atoms. The number of hydrogen-bond donors (Lipinski definition) is 1. The fraction of sp³-hybridized carbons (Fsp3) is 0.500. The minimum absolute atomic E-state index is 0.297. The monoisotopic (exact) mass is 128 g/mol. The average Bonchev–Trinajstić information content (AvgIpc) is 2.14. The maximum Gasteiger partial charge on any atom is 0.209 e. The van der Waals surface area contributed by atoms with Crippen molar-refractivity contribution in [2.24, 2.45) is 0 Å². The SMILES string of the molecule is CC(C)c1cc(F)[nH]n1. The molecule has 0 saturated carbocycles. The molecule has 1 aromatic heterocycles. The summed E-state index contributed by atoms with van der Waals surface area (Å²) in [5.74, 6) is -0.0653. The molecule has 0 amide bonds. The van der Waals surface area contributed by atoms with E-state index in [2.05, 4.69) is 10.2 Å². The minimum atomic E-state index is -0.362. The van der Waals surface area contributed by atoms with E-state index in [9.17, 15) is 4.39 Å². The standard InChI is InChI=1S/C6H9FN2/c1-4(2)5-3-6(7)9-8-5/h3-4H,1-2H3,(H,8,9). The number of aromatic nitrogens is 2. The molecule has 0 aliphatic heterocycles. The molecule has 0 aromatic carbocycles. The quantitative estimate of drug-likeness (QED) is 0.612. The Morgan fingerprint density at radius 3 is 2.56 bits per heavy atom. The first-order valence-corrected chi connectivity index (χ1v) is 2.91. The summed E-state index contributed by atoms with van der Waals surface area (Å²) in [6.07, 6.45) is 0. The van der Waals surface area contributed by atoms with E-state index in [1.807, 2.05) is 13.8 Å². The molecule has 1 N–H and O–H groups in total. The van der Waals surface area contributed by atoms with Crippen molar-refractivity contribution >= 4 is 0 Å². The number of nitrogens with one attached hydrogen (secondary N) is 1. The maximum absolute atomic E-state index is 12.2. The largest absolute Gasteiger partial charge is 0.253 e. The Hall–Kier alpha value is -0.860. The van der Waals surface area contributed by atoms with Gasteiger partial charge in [0.1, 0.15) is 0 Å². The van der Waals surface area contributed by atoms with Crippen LogP contribution in [0.4, 0.5) is 4.39 Å². The molecule has 2 nitrogen and oxygen atoms in total. The van der Waals surface area contributed by atoms with Gasteiger partial charge in [0, 0.05) is 6.07 Å². The van der Waals surface area contributed by atoms with Gasteiger partial charge in [0.15, 0.2) is 0 Å². The molecular weight excluding hydrogens is 119 g/mol. The average molecular weight is 128 g/mol. The zero-order chi connectivity index (χ0) is 6.85. The van der Waals surface area contributed by atoms with Gasteiger partial charge in [-0.05, 0) is 5.92 Å². The molecule has 0 saturated heterocycles. The first-order valence-electron chi connectivity index (χ1n) is 2.91. The van der Waals surface area contributed by atoms with Crippen molar-refractivity contribution in [2.75, 3.05) is 0 Å². The maximum atomic E-state index is 12.2. The number of aromatic amines is 1. The minimum Gasteiger partial charge on any atom is -0.253 e. The smallest absolute Gasteiger partial charge is 0.209 e. The van der Waals surface area contributed by atoms with Crippen LogP contribution in [0.1, 0.15) is 25.5 Å². The Morgan fingerprint density at radius 2 is 2.33 bits per heavy atom. The van der Waals surface area contributed by atoms with Crippen LogP contribution in [-0.4, -0.2) is 10.2 Å². The topological polar surface area (TPSA) is 28.7 Å². The molecule has 3 heteroatoms. The highest BCUT2D eigenvalue weighted by molar-refractivity contribution is 5.03. The lowest BCUT2D eigenvalue weighted by molar-refractivity contribution is 0.579. The van der Waals surface area contributed by atoms with Crippen LogP contribution in [0.3, 0.4) is 0 Å². The van der Waals surface area contributed by atoms with Crippen molar-refractivity contribution in [3.63, 3.8) is 0 Å². The van der Waals surface area contributed by atoms with E-state index < -0.39 is 0 Å². The molecule has 0 aliphatic carbocycles. The fourth-order valence-corrected chi connectivity index (χ4v) is 0.608. The van der Waals surface area contributed by atoms with Crippen molar-refractivity contribution in [2.45, 2.75) is 19.8 Å².